The van der Waals surface area contributed by atoms with Gasteiger partial charge >= 0.3 is 0 Å². The molecule has 3 nitrogen and oxygen atoms in total. The fourth-order valence-corrected chi connectivity index (χ4v) is 3.22. The van der Waals surface area contributed by atoms with Crippen molar-refractivity contribution in [3.63, 3.8) is 0 Å². The average molecular weight is 382 g/mol. The van der Waals surface area contributed by atoms with E-state index in [1.54, 1.807) is 23.9 Å². The van der Waals surface area contributed by atoms with Crippen molar-refractivity contribution in [1.82, 2.24) is 0 Å². The largest absolute Gasteiger partial charge is 0.394 e. The second-order valence-corrected chi connectivity index (χ2v) is 6.27. The average Bonchev–Trinajstić information content (AvgIpc) is 2.69. The molecule has 0 amide bonds. The Morgan fingerprint density at radius 2 is 1.85 bits per heavy atom. The number of aliphatic hydroxyl groups is 1. The van der Waals surface area contributed by atoms with Crippen LogP contribution in [0.2, 0.25) is 0 Å². The number of anilines is 1. The molecule has 1 atom stereocenters. The third-order valence-corrected chi connectivity index (χ3v) is 4.60. The van der Waals surface area contributed by atoms with Crippen LogP contribution in [0, 0.1) is 11.3 Å². The predicted molar refractivity (Wildman–Crippen MR) is 100 cm³/mol. The molecule has 0 saturated carbocycles. The smallest absolute Gasteiger partial charge is 0.265 e. The summed E-state index contributed by atoms with van der Waals surface area (Å²) in [5, 5.41) is 21.4. The van der Waals surface area contributed by atoms with Crippen LogP contribution in [0.4, 0.5) is 18.9 Å². The van der Waals surface area contributed by atoms with Gasteiger partial charge in [-0.2, -0.15) is 17.0 Å². The Bertz CT molecular complexity index is 693. The molecule has 0 aliphatic rings. The van der Waals surface area contributed by atoms with E-state index < -0.39 is 6.43 Å². The maximum absolute atomic E-state index is 13.0. The van der Waals surface area contributed by atoms with E-state index in [2.05, 4.69) is 5.32 Å². The van der Waals surface area contributed by atoms with E-state index in [-0.39, 0.29) is 23.8 Å². The van der Waals surface area contributed by atoms with Crippen molar-refractivity contribution in [1.29, 1.82) is 5.26 Å². The first kappa shape index (κ1) is 21.9. The first-order chi connectivity index (χ1) is 12.6. The molecule has 140 valence electrons. The number of rotatable bonds is 8. The van der Waals surface area contributed by atoms with Crippen LogP contribution >= 0.6 is 11.8 Å². The number of hydrogen-bond donors (Lipinski definition) is 2. The van der Waals surface area contributed by atoms with E-state index in [0.717, 1.165) is 5.75 Å². The predicted octanol–water partition coefficient (Wildman–Crippen LogP) is 4.79. The minimum Gasteiger partial charge on any atom is -0.394 e. The number of alkyl halides is 3. The van der Waals surface area contributed by atoms with Gasteiger partial charge in [-0.05, 0) is 23.8 Å². The van der Waals surface area contributed by atoms with Gasteiger partial charge in [0.1, 0.15) is 0 Å². The highest BCUT2D eigenvalue weighted by Crippen LogP contribution is 2.26. The summed E-state index contributed by atoms with van der Waals surface area (Å²) in [6.45, 7) is -0.105. The molecule has 0 aromatic heterocycles. The summed E-state index contributed by atoms with van der Waals surface area (Å²) < 4.78 is 35.4. The van der Waals surface area contributed by atoms with Gasteiger partial charge < -0.3 is 10.4 Å². The number of nitrogens with zero attached hydrogens (tertiary/aromatic N) is 1. The standard InChI is InChI=1S/C18H18F2N2OS.CH3F/c19-18(20)17-8-15(7-6-14(17)9-21)22-16(10-23)12-24-11-13-4-2-1-3-5-13;1-2/h1-8,16,18,22-23H,10-12H2;1H3/t16-;/m1./s1. The molecule has 0 aliphatic carbocycles. The molecule has 0 aliphatic heterocycles. The van der Waals surface area contributed by atoms with Gasteiger partial charge in [0, 0.05) is 22.8 Å². The maximum Gasteiger partial charge on any atom is 0.265 e. The molecule has 0 bridgehead atoms. The van der Waals surface area contributed by atoms with Crippen LogP contribution in [0.3, 0.4) is 0 Å². The summed E-state index contributed by atoms with van der Waals surface area (Å²) in [4.78, 5) is 0. The molecule has 2 N–H and O–H groups in total. The Hall–Kier alpha value is -2.17. The lowest BCUT2D eigenvalue weighted by Gasteiger charge is -2.18. The summed E-state index contributed by atoms with van der Waals surface area (Å²) in [6, 6.07) is 15.7. The fraction of sp³-hybridized carbons (Fsp3) is 0.316. The lowest BCUT2D eigenvalue weighted by atomic mass is 10.1. The third kappa shape index (κ3) is 6.98. The molecule has 0 unspecified atom stereocenters. The summed E-state index contributed by atoms with van der Waals surface area (Å²) >= 11 is 1.65. The van der Waals surface area contributed by atoms with Gasteiger partial charge in [0.15, 0.2) is 0 Å². The van der Waals surface area contributed by atoms with Crippen molar-refractivity contribution in [2.75, 3.05) is 24.9 Å². The molecule has 0 spiro atoms. The van der Waals surface area contributed by atoms with Crippen LogP contribution in [0.25, 0.3) is 0 Å². The summed E-state index contributed by atoms with van der Waals surface area (Å²) in [5.41, 5.74) is 1.34. The zero-order valence-corrected chi connectivity index (χ0v) is 15.1. The monoisotopic (exact) mass is 382 g/mol. The number of benzene rings is 2. The van der Waals surface area contributed by atoms with Crippen molar-refractivity contribution in [3.8, 4) is 6.07 Å². The summed E-state index contributed by atoms with van der Waals surface area (Å²) in [7, 11) is 0.500. The van der Waals surface area contributed by atoms with Crippen LogP contribution in [0.5, 0.6) is 0 Å². The van der Waals surface area contributed by atoms with Crippen LogP contribution in [0.1, 0.15) is 23.1 Å². The first-order valence-electron chi connectivity index (χ1n) is 7.83. The van der Waals surface area contributed by atoms with Crippen LogP contribution < -0.4 is 5.32 Å². The zero-order valence-electron chi connectivity index (χ0n) is 14.3. The van der Waals surface area contributed by atoms with Crippen LogP contribution in [0.15, 0.2) is 48.5 Å². The number of nitrogens with one attached hydrogen (secondary N) is 1. The summed E-state index contributed by atoms with van der Waals surface area (Å²) in [5.74, 6) is 1.45. The molecular formula is C19H21F3N2OS. The lowest BCUT2D eigenvalue weighted by Crippen LogP contribution is -2.26. The molecule has 2 aromatic rings. The molecule has 0 saturated heterocycles. The molecular weight excluding hydrogens is 361 g/mol. The van der Waals surface area contributed by atoms with Gasteiger partial charge in [0.25, 0.3) is 6.43 Å². The molecule has 0 fully saturated rings. The van der Waals surface area contributed by atoms with E-state index in [1.807, 2.05) is 30.3 Å². The topological polar surface area (TPSA) is 56.0 Å². The second-order valence-electron chi connectivity index (χ2n) is 5.24. The van der Waals surface area contributed by atoms with Gasteiger partial charge in [-0.15, -0.1) is 0 Å². The Labute approximate surface area is 155 Å². The minimum atomic E-state index is -2.71. The van der Waals surface area contributed by atoms with Gasteiger partial charge in [-0.25, -0.2) is 8.78 Å². The van der Waals surface area contributed by atoms with Crippen molar-refractivity contribution in [3.05, 3.63) is 65.2 Å². The third-order valence-electron chi connectivity index (χ3n) is 3.43. The van der Waals surface area contributed by atoms with Gasteiger partial charge in [-0.3, -0.25) is 4.39 Å². The Morgan fingerprint density at radius 1 is 1.15 bits per heavy atom. The number of aliphatic hydroxyl groups excluding tert-OH is 1. The number of thioether (sulfide) groups is 1. The molecule has 2 rings (SSSR count). The molecule has 0 radical (unpaired) electrons. The molecule has 0 heterocycles. The molecule has 2 aromatic carbocycles. The van der Waals surface area contributed by atoms with Crippen molar-refractivity contribution >= 4 is 17.4 Å². The van der Waals surface area contributed by atoms with E-state index in [1.165, 1.54) is 17.7 Å². The molecule has 26 heavy (non-hydrogen) atoms. The number of hydrogen-bond acceptors (Lipinski definition) is 4. The number of nitriles is 1. The van der Waals surface area contributed by atoms with Crippen molar-refractivity contribution < 1.29 is 18.3 Å². The van der Waals surface area contributed by atoms with Crippen molar-refractivity contribution in [2.45, 2.75) is 18.2 Å². The minimum absolute atomic E-state index is 0.0328. The maximum atomic E-state index is 13.0. The quantitative estimate of drug-likeness (QED) is 0.689. The van der Waals surface area contributed by atoms with E-state index in [4.69, 9.17) is 5.26 Å². The SMILES string of the molecule is CF.N#Cc1ccc(N[C@H](CO)CSCc2ccccc2)cc1C(F)F. The highest BCUT2D eigenvalue weighted by Gasteiger charge is 2.15. The van der Waals surface area contributed by atoms with Gasteiger partial charge in [-0.1, -0.05) is 30.3 Å². The number of halogens is 3. The highest BCUT2D eigenvalue weighted by atomic mass is 32.2. The summed E-state index contributed by atoms with van der Waals surface area (Å²) in [6.07, 6.45) is -2.71. The molecule has 7 heteroatoms. The van der Waals surface area contributed by atoms with E-state index >= 15 is 0 Å². The highest BCUT2D eigenvalue weighted by molar-refractivity contribution is 7.98. The Balaban J connectivity index is 0.00000163. The van der Waals surface area contributed by atoms with Gasteiger partial charge in [0.05, 0.1) is 31.5 Å². The van der Waals surface area contributed by atoms with Crippen molar-refractivity contribution in [2.24, 2.45) is 0 Å². The van der Waals surface area contributed by atoms with Gasteiger partial charge in [0.2, 0.25) is 0 Å². The van der Waals surface area contributed by atoms with E-state index in [9.17, 15) is 18.3 Å². The fourth-order valence-electron chi connectivity index (χ4n) is 2.20. The van der Waals surface area contributed by atoms with Crippen LogP contribution in [-0.2, 0) is 5.75 Å². The first-order valence-corrected chi connectivity index (χ1v) is 8.98. The van der Waals surface area contributed by atoms with Crippen LogP contribution in [-0.4, -0.2) is 30.7 Å². The zero-order chi connectivity index (χ0) is 19.4. The lowest BCUT2D eigenvalue weighted by molar-refractivity contribution is 0.151. The Kier molecular flexibility index (Phi) is 10.3. The second kappa shape index (κ2) is 12.2. The Morgan fingerprint density at radius 3 is 2.42 bits per heavy atom. The normalized spacial score (nSPS) is 11.3. The van der Waals surface area contributed by atoms with E-state index in [0.29, 0.717) is 18.6 Å².